The summed E-state index contributed by atoms with van der Waals surface area (Å²) in [5, 5.41) is 9.37. The lowest BCUT2D eigenvalue weighted by Gasteiger charge is -2.24. The van der Waals surface area contributed by atoms with E-state index in [1.54, 1.807) is 0 Å². The van der Waals surface area contributed by atoms with E-state index < -0.39 is 11.5 Å². The number of aliphatic hydroxyl groups is 1. The first kappa shape index (κ1) is 12.9. The summed E-state index contributed by atoms with van der Waals surface area (Å²) < 4.78 is 4.43. The van der Waals surface area contributed by atoms with E-state index in [2.05, 4.69) is 4.74 Å². The molecule has 0 aliphatic rings. The van der Waals surface area contributed by atoms with Gasteiger partial charge in [-0.2, -0.15) is 0 Å². The van der Waals surface area contributed by atoms with E-state index in [4.69, 9.17) is 0 Å². The lowest BCUT2D eigenvalue weighted by molar-refractivity contribution is -0.148. The highest BCUT2D eigenvalue weighted by molar-refractivity contribution is 5.84. The number of likely N-dealkylation sites (N-methyl/N-ethyl adjacent to an activating group) is 1. The molecule has 0 saturated carbocycles. The molecule has 0 radical (unpaired) electrons. The van der Waals surface area contributed by atoms with Crippen LogP contribution in [0.3, 0.4) is 0 Å². The Labute approximate surface area is 83.6 Å². The Morgan fingerprint density at radius 2 is 1.93 bits per heavy atom. The first-order valence-corrected chi connectivity index (χ1v) is 4.33. The monoisotopic (exact) mass is 203 g/mol. The zero-order valence-electron chi connectivity index (χ0n) is 9.03. The summed E-state index contributed by atoms with van der Waals surface area (Å²) in [7, 11) is 2.82. The summed E-state index contributed by atoms with van der Waals surface area (Å²) in [4.78, 5) is 23.5. The molecule has 0 rings (SSSR count). The normalized spacial score (nSPS) is 10.9. The van der Waals surface area contributed by atoms with E-state index >= 15 is 0 Å². The molecule has 0 aromatic carbocycles. The van der Waals surface area contributed by atoms with Gasteiger partial charge in [-0.15, -0.1) is 0 Å². The van der Waals surface area contributed by atoms with Gasteiger partial charge in [0.25, 0.3) is 5.91 Å². The van der Waals surface area contributed by atoms with Crippen molar-refractivity contribution in [2.45, 2.75) is 25.9 Å². The van der Waals surface area contributed by atoms with Crippen LogP contribution in [0, 0.1) is 0 Å². The van der Waals surface area contributed by atoms with E-state index in [-0.39, 0.29) is 18.9 Å². The summed E-state index contributed by atoms with van der Waals surface area (Å²) in [5.41, 5.74) is -1.40. The van der Waals surface area contributed by atoms with Crippen LogP contribution in [0.5, 0.6) is 0 Å². The van der Waals surface area contributed by atoms with Crippen molar-refractivity contribution in [3.63, 3.8) is 0 Å². The van der Waals surface area contributed by atoms with E-state index in [0.717, 1.165) is 0 Å². The van der Waals surface area contributed by atoms with Gasteiger partial charge in [-0.1, -0.05) is 0 Å². The zero-order chi connectivity index (χ0) is 11.4. The summed E-state index contributed by atoms with van der Waals surface area (Å²) in [6.45, 7) is 3.06. The van der Waals surface area contributed by atoms with Gasteiger partial charge in [0.15, 0.2) is 0 Å². The number of carbonyl (C=O) groups is 2. The van der Waals surface area contributed by atoms with Crippen LogP contribution in [0.2, 0.25) is 0 Å². The van der Waals surface area contributed by atoms with Gasteiger partial charge < -0.3 is 14.7 Å². The average Bonchev–Trinajstić information content (AvgIpc) is 2.10. The minimum Gasteiger partial charge on any atom is -0.469 e. The number of hydrogen-bond acceptors (Lipinski definition) is 4. The van der Waals surface area contributed by atoms with E-state index in [0.29, 0.717) is 0 Å². The number of nitrogens with zero attached hydrogens (tertiary/aromatic N) is 1. The van der Waals surface area contributed by atoms with Crippen LogP contribution in [-0.2, 0) is 14.3 Å². The lowest BCUT2D eigenvalue weighted by atomic mass is 10.1. The third kappa shape index (κ3) is 4.23. The molecule has 0 aromatic rings. The quantitative estimate of drug-likeness (QED) is 0.641. The summed E-state index contributed by atoms with van der Waals surface area (Å²) in [6, 6.07) is 0. The Morgan fingerprint density at radius 3 is 2.29 bits per heavy atom. The SMILES string of the molecule is COC(=O)CCN(C)C(=O)C(C)(C)O. The third-order valence-electron chi connectivity index (χ3n) is 1.75. The van der Waals surface area contributed by atoms with Crippen molar-refractivity contribution in [3.8, 4) is 0 Å². The molecule has 0 aromatic heterocycles. The molecule has 0 atom stereocenters. The molecular formula is C9H17NO4. The predicted octanol–water partition coefficient (Wildman–Crippen LogP) is -0.221. The van der Waals surface area contributed by atoms with Gasteiger partial charge in [-0.25, -0.2) is 0 Å². The Balaban J connectivity index is 4.03. The molecule has 0 aliphatic carbocycles. The molecule has 0 spiro atoms. The van der Waals surface area contributed by atoms with Crippen molar-refractivity contribution < 1.29 is 19.4 Å². The van der Waals surface area contributed by atoms with Gasteiger partial charge in [0.1, 0.15) is 5.60 Å². The van der Waals surface area contributed by atoms with E-state index in [9.17, 15) is 14.7 Å². The maximum Gasteiger partial charge on any atom is 0.307 e. The second-order valence-electron chi connectivity index (χ2n) is 3.61. The van der Waals surface area contributed by atoms with Crippen molar-refractivity contribution in [1.82, 2.24) is 4.90 Å². The smallest absolute Gasteiger partial charge is 0.307 e. The number of amides is 1. The molecule has 1 N–H and O–H groups in total. The lowest BCUT2D eigenvalue weighted by Crippen LogP contribution is -2.43. The van der Waals surface area contributed by atoms with Crippen molar-refractivity contribution >= 4 is 11.9 Å². The largest absolute Gasteiger partial charge is 0.469 e. The van der Waals surface area contributed by atoms with E-state index in [1.165, 1.54) is 32.9 Å². The van der Waals surface area contributed by atoms with Gasteiger partial charge in [0.05, 0.1) is 13.5 Å². The Hall–Kier alpha value is -1.10. The Kier molecular flexibility index (Phi) is 4.56. The van der Waals surface area contributed by atoms with Crippen LogP contribution in [0.4, 0.5) is 0 Å². The molecule has 82 valence electrons. The number of methoxy groups -OCH3 is 1. The second-order valence-corrected chi connectivity index (χ2v) is 3.61. The minimum atomic E-state index is -1.40. The molecule has 0 heterocycles. The summed E-state index contributed by atoms with van der Waals surface area (Å²) in [6.07, 6.45) is 0.134. The summed E-state index contributed by atoms with van der Waals surface area (Å²) >= 11 is 0. The fraction of sp³-hybridized carbons (Fsp3) is 0.778. The second kappa shape index (κ2) is 4.95. The molecule has 5 nitrogen and oxygen atoms in total. The Bertz CT molecular complexity index is 219. The first-order valence-electron chi connectivity index (χ1n) is 4.33. The van der Waals surface area contributed by atoms with Crippen molar-refractivity contribution in [2.24, 2.45) is 0 Å². The van der Waals surface area contributed by atoms with Crippen LogP contribution in [0.25, 0.3) is 0 Å². The highest BCUT2D eigenvalue weighted by atomic mass is 16.5. The van der Waals surface area contributed by atoms with Crippen LogP contribution in [0.15, 0.2) is 0 Å². The number of ether oxygens (including phenoxy) is 1. The molecule has 0 fully saturated rings. The minimum absolute atomic E-state index is 0.134. The van der Waals surface area contributed by atoms with Gasteiger partial charge in [0, 0.05) is 13.6 Å². The number of rotatable bonds is 4. The molecule has 0 unspecified atom stereocenters. The molecule has 14 heavy (non-hydrogen) atoms. The molecule has 0 aliphatic heterocycles. The van der Waals surface area contributed by atoms with Crippen LogP contribution >= 0.6 is 0 Å². The van der Waals surface area contributed by atoms with Gasteiger partial charge in [-0.05, 0) is 13.8 Å². The summed E-state index contributed by atoms with van der Waals surface area (Å²) in [5.74, 6) is -0.790. The molecule has 5 heteroatoms. The highest BCUT2D eigenvalue weighted by Crippen LogP contribution is 2.06. The number of hydrogen-bond donors (Lipinski definition) is 1. The fourth-order valence-electron chi connectivity index (χ4n) is 0.930. The van der Waals surface area contributed by atoms with Crippen molar-refractivity contribution in [2.75, 3.05) is 20.7 Å². The van der Waals surface area contributed by atoms with Gasteiger partial charge >= 0.3 is 5.97 Å². The van der Waals surface area contributed by atoms with Crippen molar-refractivity contribution in [3.05, 3.63) is 0 Å². The zero-order valence-corrected chi connectivity index (χ0v) is 9.03. The van der Waals surface area contributed by atoms with Crippen LogP contribution < -0.4 is 0 Å². The van der Waals surface area contributed by atoms with Gasteiger partial charge in [0.2, 0.25) is 0 Å². The van der Waals surface area contributed by atoms with Crippen LogP contribution in [-0.4, -0.2) is 48.2 Å². The molecule has 0 saturated heterocycles. The number of carbonyl (C=O) groups excluding carboxylic acids is 2. The maximum atomic E-state index is 11.4. The highest BCUT2D eigenvalue weighted by Gasteiger charge is 2.27. The standard InChI is InChI=1S/C9H17NO4/c1-9(2,13)8(12)10(3)6-5-7(11)14-4/h13H,5-6H2,1-4H3. The molecular weight excluding hydrogens is 186 g/mol. The van der Waals surface area contributed by atoms with Gasteiger partial charge in [-0.3, -0.25) is 9.59 Å². The first-order chi connectivity index (χ1) is 6.29. The maximum absolute atomic E-state index is 11.4. The average molecular weight is 203 g/mol. The number of esters is 1. The molecule has 1 amide bonds. The van der Waals surface area contributed by atoms with Crippen molar-refractivity contribution in [1.29, 1.82) is 0 Å². The predicted molar refractivity (Wildman–Crippen MR) is 50.6 cm³/mol. The fourth-order valence-corrected chi connectivity index (χ4v) is 0.930. The molecule has 0 bridgehead atoms. The Morgan fingerprint density at radius 1 is 1.43 bits per heavy atom. The third-order valence-corrected chi connectivity index (χ3v) is 1.75. The van der Waals surface area contributed by atoms with E-state index in [1.807, 2.05) is 0 Å². The topological polar surface area (TPSA) is 66.8 Å². The van der Waals surface area contributed by atoms with Crippen LogP contribution in [0.1, 0.15) is 20.3 Å².